The molecular formula is C8H12BrNOS. The zero-order chi connectivity index (χ0) is 9.14. The summed E-state index contributed by atoms with van der Waals surface area (Å²) < 4.78 is 6.03. The average Bonchev–Trinajstić information content (AvgIpc) is 2.30. The van der Waals surface area contributed by atoms with Crippen molar-refractivity contribution >= 4 is 33.0 Å². The minimum absolute atomic E-state index is 0.757. The smallest absolute Gasteiger partial charge is 0.0933 e. The van der Waals surface area contributed by atoms with E-state index in [4.69, 9.17) is 10.5 Å². The highest BCUT2D eigenvalue weighted by Crippen LogP contribution is 2.34. The summed E-state index contributed by atoms with van der Waals surface area (Å²) in [5, 5.41) is 0. The van der Waals surface area contributed by atoms with Crippen molar-refractivity contribution in [3.63, 3.8) is 0 Å². The van der Waals surface area contributed by atoms with Crippen LogP contribution in [0.4, 0.5) is 5.69 Å². The van der Waals surface area contributed by atoms with Gasteiger partial charge in [0.1, 0.15) is 0 Å². The summed E-state index contributed by atoms with van der Waals surface area (Å²) in [5.74, 6) is 0. The van der Waals surface area contributed by atoms with Gasteiger partial charge < -0.3 is 10.5 Å². The molecule has 0 radical (unpaired) electrons. The highest BCUT2D eigenvalue weighted by molar-refractivity contribution is 9.11. The molecular weight excluding hydrogens is 238 g/mol. The summed E-state index contributed by atoms with van der Waals surface area (Å²) in [7, 11) is 1.71. The van der Waals surface area contributed by atoms with Crippen LogP contribution in [0.5, 0.6) is 0 Å². The molecule has 0 aliphatic carbocycles. The van der Waals surface area contributed by atoms with Crippen LogP contribution in [0.1, 0.15) is 10.4 Å². The Balaban J connectivity index is 2.79. The van der Waals surface area contributed by atoms with Crippen molar-refractivity contribution in [1.82, 2.24) is 0 Å². The molecule has 0 unspecified atom stereocenters. The fourth-order valence-corrected chi connectivity index (χ4v) is 2.78. The SMILES string of the molecule is COCCc1sc(Br)c(N)c1C. The van der Waals surface area contributed by atoms with Crippen molar-refractivity contribution in [3.8, 4) is 0 Å². The lowest BCUT2D eigenvalue weighted by molar-refractivity contribution is 0.203. The predicted octanol–water partition coefficient (Wildman–Crippen LogP) is 2.59. The van der Waals surface area contributed by atoms with E-state index in [1.54, 1.807) is 18.4 Å². The zero-order valence-corrected chi connectivity index (χ0v) is 9.59. The molecule has 0 fully saturated rings. The fraction of sp³-hybridized carbons (Fsp3) is 0.500. The van der Waals surface area contributed by atoms with E-state index in [9.17, 15) is 0 Å². The molecule has 1 heterocycles. The van der Waals surface area contributed by atoms with Gasteiger partial charge in [-0.1, -0.05) is 0 Å². The number of hydrogen-bond donors (Lipinski definition) is 1. The third-order valence-electron chi connectivity index (χ3n) is 1.78. The van der Waals surface area contributed by atoms with Gasteiger partial charge in [-0.3, -0.25) is 0 Å². The number of anilines is 1. The van der Waals surface area contributed by atoms with Crippen molar-refractivity contribution in [3.05, 3.63) is 14.2 Å². The van der Waals surface area contributed by atoms with Crippen molar-refractivity contribution < 1.29 is 4.74 Å². The van der Waals surface area contributed by atoms with Crippen molar-refractivity contribution in [2.75, 3.05) is 19.5 Å². The maximum absolute atomic E-state index is 5.80. The molecule has 0 atom stereocenters. The summed E-state index contributed by atoms with van der Waals surface area (Å²) in [6.45, 7) is 2.80. The fourth-order valence-electron chi connectivity index (χ4n) is 0.971. The van der Waals surface area contributed by atoms with Crippen LogP contribution in [0.15, 0.2) is 3.79 Å². The van der Waals surface area contributed by atoms with Crippen LogP contribution in [0, 0.1) is 6.92 Å². The standard InChI is InChI=1S/C8H12BrNOS/c1-5-6(3-4-11-2)12-8(9)7(5)10/h3-4,10H2,1-2H3. The van der Waals surface area contributed by atoms with E-state index in [1.165, 1.54) is 10.4 Å². The maximum Gasteiger partial charge on any atom is 0.0933 e. The van der Waals surface area contributed by atoms with Gasteiger partial charge in [0.25, 0.3) is 0 Å². The molecule has 0 saturated heterocycles. The number of nitrogens with two attached hydrogens (primary N) is 1. The lowest BCUT2D eigenvalue weighted by Gasteiger charge is -1.97. The minimum Gasteiger partial charge on any atom is -0.397 e. The number of rotatable bonds is 3. The molecule has 1 aromatic heterocycles. The summed E-state index contributed by atoms with van der Waals surface area (Å²) in [5.41, 5.74) is 7.85. The third kappa shape index (κ3) is 2.00. The first-order chi connectivity index (χ1) is 5.66. The van der Waals surface area contributed by atoms with Gasteiger partial charge in [-0.25, -0.2) is 0 Å². The van der Waals surface area contributed by atoms with E-state index < -0.39 is 0 Å². The van der Waals surface area contributed by atoms with E-state index in [-0.39, 0.29) is 0 Å². The Morgan fingerprint density at radius 2 is 2.25 bits per heavy atom. The predicted molar refractivity (Wildman–Crippen MR) is 56.7 cm³/mol. The first kappa shape index (κ1) is 10.0. The van der Waals surface area contributed by atoms with E-state index >= 15 is 0 Å². The van der Waals surface area contributed by atoms with Gasteiger partial charge in [0.05, 0.1) is 16.1 Å². The molecule has 12 heavy (non-hydrogen) atoms. The van der Waals surface area contributed by atoms with E-state index in [0.29, 0.717) is 0 Å². The van der Waals surface area contributed by atoms with Crippen LogP contribution in [-0.2, 0) is 11.2 Å². The number of nitrogen functional groups attached to an aromatic ring is 1. The molecule has 0 aliphatic rings. The van der Waals surface area contributed by atoms with Crippen LogP contribution >= 0.6 is 27.3 Å². The Morgan fingerprint density at radius 1 is 1.58 bits per heavy atom. The molecule has 0 saturated carbocycles. The summed E-state index contributed by atoms with van der Waals surface area (Å²) >= 11 is 5.10. The minimum atomic E-state index is 0.757. The summed E-state index contributed by atoms with van der Waals surface area (Å²) in [6.07, 6.45) is 0.947. The van der Waals surface area contributed by atoms with Gasteiger partial charge in [-0.15, -0.1) is 11.3 Å². The molecule has 1 rings (SSSR count). The highest BCUT2D eigenvalue weighted by Gasteiger charge is 2.09. The zero-order valence-electron chi connectivity index (χ0n) is 7.19. The van der Waals surface area contributed by atoms with Crippen LogP contribution < -0.4 is 5.73 Å². The van der Waals surface area contributed by atoms with Crippen molar-refractivity contribution in [2.45, 2.75) is 13.3 Å². The molecule has 0 amide bonds. The topological polar surface area (TPSA) is 35.2 Å². The Hall–Kier alpha value is -0.0600. The van der Waals surface area contributed by atoms with Crippen LogP contribution in [0.2, 0.25) is 0 Å². The Kier molecular flexibility index (Phi) is 3.55. The molecule has 0 spiro atoms. The number of methoxy groups -OCH3 is 1. The van der Waals surface area contributed by atoms with E-state index in [0.717, 1.165) is 22.5 Å². The van der Waals surface area contributed by atoms with Crippen LogP contribution in [0.25, 0.3) is 0 Å². The largest absolute Gasteiger partial charge is 0.397 e. The molecule has 0 aromatic carbocycles. The van der Waals surface area contributed by atoms with Crippen LogP contribution in [-0.4, -0.2) is 13.7 Å². The third-order valence-corrected chi connectivity index (χ3v) is 3.85. The molecule has 68 valence electrons. The second kappa shape index (κ2) is 4.25. The lowest BCUT2D eigenvalue weighted by Crippen LogP contribution is -1.94. The Labute approximate surface area is 84.9 Å². The molecule has 4 heteroatoms. The van der Waals surface area contributed by atoms with Crippen molar-refractivity contribution in [2.24, 2.45) is 0 Å². The second-order valence-corrected chi connectivity index (χ2v) is 5.00. The highest BCUT2D eigenvalue weighted by atomic mass is 79.9. The number of ether oxygens (including phenoxy) is 1. The quantitative estimate of drug-likeness (QED) is 0.894. The molecule has 2 nitrogen and oxygen atoms in total. The van der Waals surface area contributed by atoms with E-state index in [2.05, 4.69) is 15.9 Å². The van der Waals surface area contributed by atoms with Gasteiger partial charge >= 0.3 is 0 Å². The lowest BCUT2D eigenvalue weighted by atomic mass is 10.2. The number of thiophene rings is 1. The normalized spacial score (nSPS) is 10.6. The summed E-state index contributed by atoms with van der Waals surface area (Å²) in [6, 6.07) is 0. The number of halogens is 1. The first-order valence-corrected chi connectivity index (χ1v) is 5.30. The van der Waals surface area contributed by atoms with Crippen molar-refractivity contribution in [1.29, 1.82) is 0 Å². The molecule has 0 aliphatic heterocycles. The van der Waals surface area contributed by atoms with Gasteiger partial charge in [0.2, 0.25) is 0 Å². The van der Waals surface area contributed by atoms with Gasteiger partial charge in [0, 0.05) is 18.4 Å². The van der Waals surface area contributed by atoms with Gasteiger partial charge in [0.15, 0.2) is 0 Å². The second-order valence-electron chi connectivity index (χ2n) is 2.58. The Bertz CT molecular complexity index is 272. The molecule has 1 aromatic rings. The molecule has 0 bridgehead atoms. The first-order valence-electron chi connectivity index (χ1n) is 3.69. The monoisotopic (exact) mass is 249 g/mol. The average molecular weight is 250 g/mol. The summed E-state index contributed by atoms with van der Waals surface area (Å²) in [4.78, 5) is 1.31. The van der Waals surface area contributed by atoms with E-state index in [1.807, 2.05) is 6.92 Å². The number of hydrogen-bond acceptors (Lipinski definition) is 3. The maximum atomic E-state index is 5.80. The molecule has 2 N–H and O–H groups in total. The van der Waals surface area contributed by atoms with Crippen LogP contribution in [0.3, 0.4) is 0 Å². The van der Waals surface area contributed by atoms with Gasteiger partial charge in [-0.2, -0.15) is 0 Å². The Morgan fingerprint density at radius 3 is 2.67 bits per heavy atom. The van der Waals surface area contributed by atoms with Gasteiger partial charge in [-0.05, 0) is 28.4 Å².